The number of carbonyl (C=O) groups is 3. The fraction of sp³-hybridized carbons (Fsp3) is 0.606. The predicted octanol–water partition coefficient (Wildman–Crippen LogP) is 27.0. The van der Waals surface area contributed by atoms with Crippen LogP contribution in [0.1, 0.15) is 309 Å². The summed E-state index contributed by atoms with van der Waals surface area (Å²) >= 11 is 0. The van der Waals surface area contributed by atoms with Crippen LogP contribution in [0.25, 0.3) is 0 Å². The van der Waals surface area contributed by atoms with E-state index in [9.17, 15) is 19.5 Å². The van der Waals surface area contributed by atoms with Crippen LogP contribution in [0.5, 0.6) is 0 Å². The zero-order chi connectivity index (χ0) is 74.6. The highest BCUT2D eigenvalue weighted by molar-refractivity contribution is 5.71. The highest BCUT2D eigenvalue weighted by Crippen LogP contribution is 2.17. The summed E-state index contributed by atoms with van der Waals surface area (Å²) in [5, 5.41) is 9.78. The number of nitrogens with zero attached hydrogens (tertiary/aromatic N) is 1. The quantitative estimate of drug-likeness (QED) is 0.0211. The first-order valence-corrected chi connectivity index (χ1v) is 41.2. The predicted molar refractivity (Wildman–Crippen MR) is 446 cm³/mol. The van der Waals surface area contributed by atoms with Crippen molar-refractivity contribution in [3.8, 4) is 0 Å². The molecule has 0 saturated heterocycles. The molecule has 1 N–H and O–H groups in total. The number of carboxylic acids is 1. The number of carbonyl (C=O) groups excluding carboxylic acids is 2. The molecule has 0 bridgehead atoms. The van der Waals surface area contributed by atoms with E-state index in [2.05, 4.69) is 220 Å². The van der Waals surface area contributed by atoms with Crippen LogP contribution < -0.4 is 0 Å². The minimum Gasteiger partial charge on any atom is -0.477 e. The van der Waals surface area contributed by atoms with Crippen LogP contribution in [0, 0.1) is 0 Å². The van der Waals surface area contributed by atoms with Crippen molar-refractivity contribution >= 4 is 17.9 Å². The smallest absolute Gasteiger partial charge is 0.361 e. The molecule has 9 nitrogen and oxygen atoms in total. The lowest BCUT2D eigenvalue weighted by atomic mass is 10.0. The Hall–Kier alpha value is -6.13. The third-order valence-electron chi connectivity index (χ3n) is 17.0. The molecule has 0 radical (unpaired) electrons. The maximum Gasteiger partial charge on any atom is 0.361 e. The third kappa shape index (κ3) is 83.0. The van der Waals surface area contributed by atoms with Crippen LogP contribution in [-0.2, 0) is 33.3 Å². The normalized spacial score (nSPS) is 13.8. The Morgan fingerprint density at radius 1 is 0.291 bits per heavy atom. The van der Waals surface area contributed by atoms with Crippen LogP contribution in [0.3, 0.4) is 0 Å². The van der Waals surface area contributed by atoms with Crippen molar-refractivity contribution in [1.82, 2.24) is 0 Å². The van der Waals surface area contributed by atoms with Gasteiger partial charge in [-0.2, -0.15) is 0 Å². The number of quaternary nitrogens is 1. The SMILES string of the molecule is CC/C=C\C/C=C\C/C=C\C/C=C\C/C=C\C/C=C\C/C=C\C/C=C\C/C=C\C/C=C\C/C=C\CCCCCC(=O)OC(COC(=O)CCCCCCCCCCCCCCCCCCCCCCCC/C=C\C/C=C\C/C=C\C/C=C\C/C=C\C/C=C\CC)COC(OCC[N+](C)(C)C)C(=O)O. The lowest BCUT2D eigenvalue weighted by molar-refractivity contribution is -0.870. The fourth-order valence-electron chi connectivity index (χ4n) is 10.8. The molecule has 103 heavy (non-hydrogen) atoms. The molecular formula is C94H152NO8+. The average Bonchev–Trinajstić information content (AvgIpc) is 1.16. The van der Waals surface area contributed by atoms with Crippen LogP contribution in [0.15, 0.2) is 207 Å². The third-order valence-corrected chi connectivity index (χ3v) is 17.0. The largest absolute Gasteiger partial charge is 0.477 e. The van der Waals surface area contributed by atoms with Crippen molar-refractivity contribution in [2.45, 2.75) is 322 Å². The van der Waals surface area contributed by atoms with E-state index in [0.717, 1.165) is 148 Å². The minimum atomic E-state index is -1.53. The molecule has 2 atom stereocenters. The van der Waals surface area contributed by atoms with Crippen molar-refractivity contribution < 1.29 is 42.9 Å². The number of aliphatic carboxylic acids is 1. The van der Waals surface area contributed by atoms with Gasteiger partial charge in [0.05, 0.1) is 34.4 Å². The molecule has 0 saturated carbocycles. The topological polar surface area (TPSA) is 108 Å². The van der Waals surface area contributed by atoms with Crippen molar-refractivity contribution in [3.05, 3.63) is 207 Å². The minimum absolute atomic E-state index is 0.172. The van der Waals surface area contributed by atoms with E-state index in [-0.39, 0.29) is 38.6 Å². The van der Waals surface area contributed by atoms with Gasteiger partial charge in [-0.3, -0.25) is 9.59 Å². The zero-order valence-electron chi connectivity index (χ0n) is 66.4. The van der Waals surface area contributed by atoms with Crippen LogP contribution >= 0.6 is 0 Å². The first-order valence-electron chi connectivity index (χ1n) is 41.2. The van der Waals surface area contributed by atoms with E-state index in [1.165, 1.54) is 128 Å². The Balaban J connectivity index is 4.12. The Morgan fingerprint density at radius 3 is 0.786 bits per heavy atom. The van der Waals surface area contributed by atoms with Gasteiger partial charge in [-0.1, -0.05) is 355 Å². The average molecular weight is 1420 g/mol. The zero-order valence-corrected chi connectivity index (χ0v) is 66.4. The molecule has 2 unspecified atom stereocenters. The molecule has 0 aliphatic heterocycles. The first kappa shape index (κ1) is 96.9. The number of rotatable bonds is 74. The van der Waals surface area contributed by atoms with Crippen LogP contribution in [0.4, 0.5) is 0 Å². The monoisotopic (exact) mass is 1420 g/mol. The van der Waals surface area contributed by atoms with Gasteiger partial charge in [0, 0.05) is 12.8 Å². The summed E-state index contributed by atoms with van der Waals surface area (Å²) in [6, 6.07) is 0. The van der Waals surface area contributed by atoms with E-state index in [0.29, 0.717) is 17.4 Å². The molecule has 0 aliphatic carbocycles. The molecular weight excluding hydrogens is 1270 g/mol. The van der Waals surface area contributed by atoms with Gasteiger partial charge in [-0.05, 0) is 148 Å². The van der Waals surface area contributed by atoms with Crippen molar-refractivity contribution in [3.63, 3.8) is 0 Å². The summed E-state index contributed by atoms with van der Waals surface area (Å²) in [5.74, 6) is -2.06. The molecule has 0 aliphatic rings. The summed E-state index contributed by atoms with van der Waals surface area (Å²) < 4.78 is 23.0. The van der Waals surface area contributed by atoms with Crippen LogP contribution in [-0.4, -0.2) is 87.4 Å². The van der Waals surface area contributed by atoms with Gasteiger partial charge in [-0.25, -0.2) is 4.79 Å². The molecule has 9 heteroatoms. The summed E-state index contributed by atoms with van der Waals surface area (Å²) in [5.41, 5.74) is 0. The Labute approximate surface area is 633 Å². The van der Waals surface area contributed by atoms with Gasteiger partial charge in [-0.15, -0.1) is 0 Å². The molecule has 0 aromatic rings. The van der Waals surface area contributed by atoms with E-state index in [1.807, 2.05) is 21.1 Å². The molecule has 0 amide bonds. The lowest BCUT2D eigenvalue weighted by Gasteiger charge is -2.25. The van der Waals surface area contributed by atoms with Gasteiger partial charge >= 0.3 is 17.9 Å². The Bertz CT molecular complexity index is 2460. The fourth-order valence-corrected chi connectivity index (χ4v) is 10.8. The molecule has 580 valence electrons. The molecule has 0 heterocycles. The number of carboxylic acid groups (broad SMARTS) is 1. The molecule has 0 aromatic heterocycles. The van der Waals surface area contributed by atoms with Gasteiger partial charge in [0.25, 0.3) is 6.29 Å². The van der Waals surface area contributed by atoms with Crippen molar-refractivity contribution in [2.75, 3.05) is 47.5 Å². The van der Waals surface area contributed by atoms with Crippen LogP contribution in [0.2, 0.25) is 0 Å². The summed E-state index contributed by atoms with van der Waals surface area (Å²) in [6.07, 6.45) is 124. The second-order valence-corrected chi connectivity index (χ2v) is 28.0. The maximum absolute atomic E-state index is 13.0. The van der Waals surface area contributed by atoms with E-state index >= 15 is 0 Å². The second kappa shape index (κ2) is 81.5. The van der Waals surface area contributed by atoms with E-state index in [1.54, 1.807) is 0 Å². The summed E-state index contributed by atoms with van der Waals surface area (Å²) in [4.78, 5) is 37.8. The first-order chi connectivity index (χ1) is 50.6. The highest BCUT2D eigenvalue weighted by Gasteiger charge is 2.25. The highest BCUT2D eigenvalue weighted by atomic mass is 16.7. The summed E-state index contributed by atoms with van der Waals surface area (Å²) in [7, 11) is 5.96. The standard InChI is InChI=1S/C94H151NO8/c1-6-8-10-12-14-16-18-20-22-24-26-28-30-32-34-36-38-40-42-44-45-46-47-49-50-52-54-56-58-60-62-64-66-68-70-72-74-76-78-80-82-84-91(96)101-88-90(89-102-94(93(98)99)100-87-86-95(3,4)5)103-92(97)85-83-81-79-77-75-73-71-69-67-65-63-61-59-57-55-53-51-48-43-41-39-37-35-33-31-29-27-25-23-21-19-17-15-13-11-9-7-2/h8-11,14-17,20-23,26-29,32-35,38-41,48,51,55,57,61,63,67,69,73,75,90,94H,6-7,12-13,18-19,24-25,30-31,36-37,42-47,49-50,52-54,56,58-60,62,64-66,68,70-72,74,76-89H2,1-5H3/p+1/b10-8-,11-9-,16-14-,17-15-,22-20-,23-21-,28-26-,29-27-,34-32-,35-33-,40-38-,41-39-,51-48-,57-55-,63-61-,69-67-,75-73-. The molecule has 0 rings (SSSR count). The maximum atomic E-state index is 13.0. The lowest BCUT2D eigenvalue weighted by Crippen LogP contribution is -2.40. The number of ether oxygens (including phenoxy) is 4. The van der Waals surface area contributed by atoms with E-state index < -0.39 is 24.3 Å². The second-order valence-electron chi connectivity index (χ2n) is 28.0. The number of allylic oxidation sites excluding steroid dienone is 34. The van der Waals surface area contributed by atoms with Gasteiger partial charge in [0.1, 0.15) is 13.2 Å². The van der Waals surface area contributed by atoms with Crippen molar-refractivity contribution in [1.29, 1.82) is 0 Å². The summed E-state index contributed by atoms with van der Waals surface area (Å²) in [6.45, 7) is 4.61. The van der Waals surface area contributed by atoms with Gasteiger partial charge in [0.2, 0.25) is 0 Å². The number of hydrogen-bond acceptors (Lipinski definition) is 7. The van der Waals surface area contributed by atoms with Crippen molar-refractivity contribution in [2.24, 2.45) is 0 Å². The number of likely N-dealkylation sites (N-methyl/N-ethyl adjacent to an activating group) is 1. The molecule has 0 aromatic carbocycles. The number of unbranched alkanes of at least 4 members (excludes halogenated alkanes) is 25. The molecule has 0 spiro atoms. The van der Waals surface area contributed by atoms with Gasteiger partial charge < -0.3 is 28.5 Å². The number of esters is 2. The van der Waals surface area contributed by atoms with E-state index in [4.69, 9.17) is 18.9 Å². The van der Waals surface area contributed by atoms with Gasteiger partial charge in [0.15, 0.2) is 6.10 Å². The Kier molecular flexibility index (Phi) is 76.7. The number of hydrogen-bond donors (Lipinski definition) is 1. The Morgan fingerprint density at radius 2 is 0.524 bits per heavy atom. The molecule has 0 fully saturated rings.